The summed E-state index contributed by atoms with van der Waals surface area (Å²) >= 11 is 2.74. The van der Waals surface area contributed by atoms with Gasteiger partial charge in [-0.3, -0.25) is 4.79 Å². The van der Waals surface area contributed by atoms with E-state index < -0.39 is 12.0 Å². The lowest BCUT2D eigenvalue weighted by Gasteiger charge is -2.19. The Bertz CT molecular complexity index is 650. The van der Waals surface area contributed by atoms with E-state index >= 15 is 0 Å². The fraction of sp³-hybridized carbons (Fsp3) is 0.167. The summed E-state index contributed by atoms with van der Waals surface area (Å²) in [6.07, 6.45) is 0. The molecule has 3 rings (SSSR count). The number of fused-ring (bicyclic) bond motifs is 3. The number of methoxy groups -OCH3 is 1. The molecule has 1 aromatic heterocycles. The van der Waals surface area contributed by atoms with Gasteiger partial charge in [-0.25, -0.2) is 9.52 Å². The number of hydrogen-bond acceptors (Lipinski definition) is 6. The van der Waals surface area contributed by atoms with E-state index in [-0.39, 0.29) is 5.78 Å². The van der Waals surface area contributed by atoms with E-state index in [2.05, 4.69) is 9.46 Å². The molecule has 2 heterocycles. The number of hydrogen-bond donors (Lipinski definition) is 1. The first-order chi connectivity index (χ1) is 8.72. The number of ketones is 1. The summed E-state index contributed by atoms with van der Waals surface area (Å²) in [5.74, 6) is -0.757. The SMILES string of the molecule is COC(=O)C1NSc2c(sc3ccccc23)C1=O. The van der Waals surface area contributed by atoms with Crippen molar-refractivity contribution in [3.63, 3.8) is 0 Å². The van der Waals surface area contributed by atoms with Crippen LogP contribution in [0.1, 0.15) is 9.67 Å². The Hall–Kier alpha value is -1.37. The Labute approximate surface area is 111 Å². The lowest BCUT2D eigenvalue weighted by atomic mass is 10.1. The molecule has 2 aromatic rings. The molecule has 0 aliphatic carbocycles. The average Bonchev–Trinajstić information content (AvgIpc) is 2.78. The molecule has 1 aromatic carbocycles. The van der Waals surface area contributed by atoms with Gasteiger partial charge in [0, 0.05) is 10.1 Å². The van der Waals surface area contributed by atoms with Crippen LogP contribution in [0, 0.1) is 0 Å². The molecule has 18 heavy (non-hydrogen) atoms. The summed E-state index contributed by atoms with van der Waals surface area (Å²) in [7, 11) is 1.28. The third kappa shape index (κ3) is 1.65. The van der Waals surface area contributed by atoms with Crippen molar-refractivity contribution in [2.75, 3.05) is 7.11 Å². The van der Waals surface area contributed by atoms with Crippen LogP contribution in [0.2, 0.25) is 0 Å². The van der Waals surface area contributed by atoms with E-state index in [9.17, 15) is 9.59 Å². The molecule has 0 radical (unpaired) electrons. The van der Waals surface area contributed by atoms with Crippen molar-refractivity contribution in [2.24, 2.45) is 0 Å². The average molecular weight is 279 g/mol. The van der Waals surface area contributed by atoms with Crippen molar-refractivity contribution in [3.05, 3.63) is 29.1 Å². The Morgan fingerprint density at radius 3 is 2.94 bits per heavy atom. The summed E-state index contributed by atoms with van der Waals surface area (Å²) in [4.78, 5) is 25.2. The van der Waals surface area contributed by atoms with Crippen molar-refractivity contribution >= 4 is 45.1 Å². The van der Waals surface area contributed by atoms with Gasteiger partial charge in [-0.15, -0.1) is 11.3 Å². The standard InChI is InChI=1S/C12H9NO3S2/c1-16-12(15)8-9(14)11-10(18-13-8)6-4-2-3-5-7(6)17-11/h2-5,8,13H,1H3. The topological polar surface area (TPSA) is 55.4 Å². The number of ether oxygens (including phenoxy) is 1. The van der Waals surface area contributed by atoms with Crippen molar-refractivity contribution < 1.29 is 14.3 Å². The van der Waals surface area contributed by atoms with Crippen molar-refractivity contribution in [1.82, 2.24) is 4.72 Å². The molecule has 4 nitrogen and oxygen atoms in total. The van der Waals surface area contributed by atoms with Crippen LogP contribution in [-0.4, -0.2) is 24.9 Å². The minimum Gasteiger partial charge on any atom is -0.467 e. The Morgan fingerprint density at radius 2 is 2.17 bits per heavy atom. The van der Waals surface area contributed by atoms with Gasteiger partial charge in [-0.05, 0) is 18.0 Å². The van der Waals surface area contributed by atoms with Crippen molar-refractivity contribution in [3.8, 4) is 0 Å². The first kappa shape index (κ1) is 11.7. The smallest absolute Gasteiger partial charge is 0.331 e. The van der Waals surface area contributed by atoms with Crippen LogP contribution < -0.4 is 4.72 Å². The molecule has 1 aliphatic heterocycles. The lowest BCUT2D eigenvalue weighted by molar-refractivity contribution is -0.141. The summed E-state index contributed by atoms with van der Waals surface area (Å²) in [6, 6.07) is 6.92. The molecule has 0 saturated carbocycles. The predicted octanol–water partition coefficient (Wildman–Crippen LogP) is 2.24. The number of benzene rings is 1. The second kappa shape index (κ2) is 4.38. The number of nitrogens with one attached hydrogen (secondary N) is 1. The highest BCUT2D eigenvalue weighted by atomic mass is 32.2. The molecule has 1 N–H and O–H groups in total. The van der Waals surface area contributed by atoms with E-state index in [0.717, 1.165) is 15.0 Å². The van der Waals surface area contributed by atoms with Gasteiger partial charge in [0.05, 0.1) is 16.9 Å². The molecule has 6 heteroatoms. The Kier molecular flexibility index (Phi) is 2.85. The normalized spacial score (nSPS) is 18.7. The fourth-order valence-corrected chi connectivity index (χ4v) is 4.16. The van der Waals surface area contributed by atoms with E-state index in [1.807, 2.05) is 24.3 Å². The summed E-state index contributed by atoms with van der Waals surface area (Å²) in [5, 5.41) is 1.05. The van der Waals surface area contributed by atoms with Crippen LogP contribution in [0.4, 0.5) is 0 Å². The molecule has 0 bridgehead atoms. The highest BCUT2D eigenvalue weighted by molar-refractivity contribution is 7.98. The number of Topliss-reactive ketones (excluding diaryl/α,β-unsaturated/α-hetero) is 1. The zero-order valence-electron chi connectivity index (χ0n) is 9.43. The molecule has 0 amide bonds. The monoisotopic (exact) mass is 279 g/mol. The lowest BCUT2D eigenvalue weighted by Crippen LogP contribution is -2.43. The van der Waals surface area contributed by atoms with Gasteiger partial charge in [-0.1, -0.05) is 18.2 Å². The second-order valence-corrected chi connectivity index (χ2v) is 5.70. The molecule has 1 unspecified atom stereocenters. The quantitative estimate of drug-likeness (QED) is 0.493. The maximum Gasteiger partial charge on any atom is 0.331 e. The highest BCUT2D eigenvalue weighted by Gasteiger charge is 2.36. The Balaban J connectivity index is 2.11. The molecule has 0 saturated heterocycles. The van der Waals surface area contributed by atoms with E-state index in [4.69, 9.17) is 0 Å². The highest BCUT2D eigenvalue weighted by Crippen LogP contribution is 2.40. The molecular formula is C12H9NO3S2. The van der Waals surface area contributed by atoms with Gasteiger partial charge in [0.25, 0.3) is 0 Å². The summed E-state index contributed by atoms with van der Waals surface area (Å²) < 4.78 is 8.52. The van der Waals surface area contributed by atoms with Gasteiger partial charge in [0.2, 0.25) is 5.78 Å². The minimum absolute atomic E-state index is 0.211. The number of thiophene rings is 1. The number of esters is 1. The van der Waals surface area contributed by atoms with Gasteiger partial charge >= 0.3 is 5.97 Å². The summed E-state index contributed by atoms with van der Waals surface area (Å²) in [5.41, 5.74) is 0. The van der Waals surface area contributed by atoms with Gasteiger partial charge in [0.15, 0.2) is 6.04 Å². The van der Waals surface area contributed by atoms with Crippen molar-refractivity contribution in [2.45, 2.75) is 10.9 Å². The molecule has 92 valence electrons. The molecule has 1 atom stereocenters. The Morgan fingerprint density at radius 1 is 1.39 bits per heavy atom. The van der Waals surface area contributed by atoms with Crippen LogP contribution in [0.15, 0.2) is 29.2 Å². The maximum absolute atomic E-state index is 12.2. The van der Waals surface area contributed by atoms with Crippen LogP contribution in [0.25, 0.3) is 10.1 Å². The van der Waals surface area contributed by atoms with Gasteiger partial charge in [-0.2, -0.15) is 0 Å². The largest absolute Gasteiger partial charge is 0.467 e. The fourth-order valence-electron chi connectivity index (χ4n) is 1.86. The van der Waals surface area contributed by atoms with Crippen LogP contribution in [0.3, 0.4) is 0 Å². The van der Waals surface area contributed by atoms with Crippen LogP contribution in [0.5, 0.6) is 0 Å². The van der Waals surface area contributed by atoms with Crippen molar-refractivity contribution in [1.29, 1.82) is 0 Å². The van der Waals surface area contributed by atoms with Gasteiger partial charge in [0.1, 0.15) is 0 Å². The van der Waals surface area contributed by atoms with Crippen LogP contribution >= 0.6 is 23.3 Å². The molecule has 0 spiro atoms. The molecular weight excluding hydrogens is 270 g/mol. The third-order valence-electron chi connectivity index (χ3n) is 2.75. The third-order valence-corrected chi connectivity index (χ3v) is 5.05. The minimum atomic E-state index is -0.902. The first-order valence-corrected chi connectivity index (χ1v) is 6.91. The number of carbonyl (C=O) groups is 2. The first-order valence-electron chi connectivity index (χ1n) is 5.28. The van der Waals surface area contributed by atoms with Crippen LogP contribution in [-0.2, 0) is 9.53 Å². The maximum atomic E-state index is 12.2. The number of carbonyl (C=O) groups excluding carboxylic acids is 2. The molecule has 0 fully saturated rings. The van der Waals surface area contributed by atoms with E-state index in [1.165, 1.54) is 30.4 Å². The van der Waals surface area contributed by atoms with E-state index in [1.54, 1.807) is 0 Å². The van der Waals surface area contributed by atoms with E-state index in [0.29, 0.717) is 4.88 Å². The van der Waals surface area contributed by atoms with Gasteiger partial charge < -0.3 is 4.74 Å². The zero-order valence-corrected chi connectivity index (χ0v) is 11.1. The number of rotatable bonds is 1. The second-order valence-electron chi connectivity index (χ2n) is 3.80. The molecule has 1 aliphatic rings. The zero-order chi connectivity index (χ0) is 12.7. The summed E-state index contributed by atoms with van der Waals surface area (Å²) in [6.45, 7) is 0. The predicted molar refractivity (Wildman–Crippen MR) is 71.0 cm³/mol.